The lowest BCUT2D eigenvalue weighted by Crippen LogP contribution is -2.40. The van der Waals surface area contributed by atoms with Crippen LogP contribution in [0.1, 0.15) is 24.0 Å². The predicted molar refractivity (Wildman–Crippen MR) is 104 cm³/mol. The van der Waals surface area contributed by atoms with Gasteiger partial charge < -0.3 is 10.2 Å². The third-order valence-electron chi connectivity index (χ3n) is 4.73. The Morgan fingerprint density at radius 3 is 2.44 bits per heavy atom. The number of nitrogens with zero attached hydrogens (tertiary/aromatic N) is 1. The number of anilines is 1. The van der Waals surface area contributed by atoms with E-state index in [-0.39, 0.29) is 11.8 Å². The first-order chi connectivity index (χ1) is 12.0. The topological polar surface area (TPSA) is 32.3 Å². The van der Waals surface area contributed by atoms with E-state index in [1.165, 1.54) is 11.3 Å². The van der Waals surface area contributed by atoms with Gasteiger partial charge in [0.15, 0.2) is 0 Å². The summed E-state index contributed by atoms with van der Waals surface area (Å²) in [5, 5.41) is 4.19. The Hall–Kier alpha value is -1.71. The van der Waals surface area contributed by atoms with E-state index in [0.29, 0.717) is 16.6 Å². The molecule has 1 N–H and O–H groups in total. The Morgan fingerprint density at radius 1 is 1.12 bits per heavy atom. The molecule has 5 heteroatoms. The second kappa shape index (κ2) is 8.11. The number of benzene rings is 2. The molecule has 0 unspecified atom stereocenters. The van der Waals surface area contributed by atoms with Gasteiger partial charge in [-0.2, -0.15) is 0 Å². The fraction of sp³-hybridized carbons (Fsp3) is 0.350. The van der Waals surface area contributed by atoms with Crippen LogP contribution >= 0.6 is 23.2 Å². The molecule has 1 fully saturated rings. The molecule has 1 heterocycles. The van der Waals surface area contributed by atoms with Gasteiger partial charge in [-0.25, -0.2) is 0 Å². The van der Waals surface area contributed by atoms with Gasteiger partial charge in [0.1, 0.15) is 0 Å². The molecule has 2 aromatic carbocycles. The highest BCUT2D eigenvalue weighted by Crippen LogP contribution is 2.24. The molecule has 132 valence electrons. The third-order valence-corrected chi connectivity index (χ3v) is 5.32. The maximum Gasteiger partial charge on any atom is 0.223 e. The summed E-state index contributed by atoms with van der Waals surface area (Å²) >= 11 is 12.1. The number of amides is 1. The number of nitrogens with one attached hydrogen (secondary N) is 1. The fourth-order valence-corrected chi connectivity index (χ4v) is 3.62. The van der Waals surface area contributed by atoms with Crippen molar-refractivity contribution in [3.8, 4) is 0 Å². The van der Waals surface area contributed by atoms with Crippen molar-refractivity contribution in [2.24, 2.45) is 5.92 Å². The summed E-state index contributed by atoms with van der Waals surface area (Å²) in [6.45, 7) is 4.34. The van der Waals surface area contributed by atoms with E-state index in [2.05, 4.69) is 41.4 Å². The molecule has 0 aromatic heterocycles. The van der Waals surface area contributed by atoms with Crippen molar-refractivity contribution < 1.29 is 4.79 Å². The molecule has 3 rings (SSSR count). The van der Waals surface area contributed by atoms with Crippen LogP contribution in [0.2, 0.25) is 10.0 Å². The summed E-state index contributed by atoms with van der Waals surface area (Å²) in [4.78, 5) is 14.8. The molecule has 1 aliphatic rings. The standard InChI is InChI=1S/C20H22Cl2N2O/c1-14-2-6-18(7-3-14)24-10-8-15(9-11-24)20(25)23-13-16-4-5-17(21)12-19(16)22/h2-7,12,15H,8-11,13H2,1H3,(H,23,25). The van der Waals surface area contributed by atoms with Crippen LogP contribution in [0.15, 0.2) is 42.5 Å². The number of halogens is 2. The number of rotatable bonds is 4. The monoisotopic (exact) mass is 376 g/mol. The first-order valence-electron chi connectivity index (χ1n) is 8.56. The Bertz CT molecular complexity index is 738. The number of aryl methyl sites for hydroxylation is 1. The molecular formula is C20H22Cl2N2O. The maximum atomic E-state index is 12.4. The predicted octanol–water partition coefficient (Wildman–Crippen LogP) is 4.83. The quantitative estimate of drug-likeness (QED) is 0.827. The lowest BCUT2D eigenvalue weighted by atomic mass is 9.95. The summed E-state index contributed by atoms with van der Waals surface area (Å²) in [7, 11) is 0. The van der Waals surface area contributed by atoms with Crippen LogP contribution in [0.5, 0.6) is 0 Å². The lowest BCUT2D eigenvalue weighted by molar-refractivity contribution is -0.125. The van der Waals surface area contributed by atoms with Crippen molar-refractivity contribution >= 4 is 34.8 Å². The molecule has 0 atom stereocenters. The maximum absolute atomic E-state index is 12.4. The van der Waals surface area contributed by atoms with Gasteiger partial charge in [-0.15, -0.1) is 0 Å². The van der Waals surface area contributed by atoms with Gasteiger partial charge in [-0.1, -0.05) is 47.0 Å². The zero-order valence-corrected chi connectivity index (χ0v) is 15.8. The number of hydrogen-bond donors (Lipinski definition) is 1. The SMILES string of the molecule is Cc1ccc(N2CCC(C(=O)NCc3ccc(Cl)cc3Cl)CC2)cc1. The third kappa shape index (κ3) is 4.68. The molecule has 2 aromatic rings. The minimum absolute atomic E-state index is 0.0628. The molecular weight excluding hydrogens is 355 g/mol. The van der Waals surface area contributed by atoms with Crippen LogP contribution in [0, 0.1) is 12.8 Å². The van der Waals surface area contributed by atoms with Crippen LogP contribution in [-0.4, -0.2) is 19.0 Å². The van der Waals surface area contributed by atoms with E-state index in [1.54, 1.807) is 12.1 Å². The van der Waals surface area contributed by atoms with Crippen molar-refractivity contribution in [2.75, 3.05) is 18.0 Å². The highest BCUT2D eigenvalue weighted by atomic mass is 35.5. The molecule has 0 aliphatic carbocycles. The molecule has 0 spiro atoms. The average molecular weight is 377 g/mol. The summed E-state index contributed by atoms with van der Waals surface area (Å²) in [6, 6.07) is 13.9. The smallest absolute Gasteiger partial charge is 0.223 e. The van der Waals surface area contributed by atoms with E-state index < -0.39 is 0 Å². The molecule has 0 saturated carbocycles. The zero-order valence-electron chi connectivity index (χ0n) is 14.3. The second-order valence-electron chi connectivity index (χ2n) is 6.55. The van der Waals surface area contributed by atoms with Gasteiger partial charge in [-0.3, -0.25) is 4.79 Å². The Balaban J connectivity index is 1.50. The lowest BCUT2D eigenvalue weighted by Gasteiger charge is -2.33. The van der Waals surface area contributed by atoms with Crippen LogP contribution in [-0.2, 0) is 11.3 Å². The minimum Gasteiger partial charge on any atom is -0.371 e. The van der Waals surface area contributed by atoms with E-state index in [1.807, 2.05) is 6.07 Å². The van der Waals surface area contributed by atoms with Crippen molar-refractivity contribution in [1.82, 2.24) is 5.32 Å². The molecule has 25 heavy (non-hydrogen) atoms. The number of carbonyl (C=O) groups excluding carboxylic acids is 1. The van der Waals surface area contributed by atoms with Gasteiger partial charge in [0.25, 0.3) is 0 Å². The fourth-order valence-electron chi connectivity index (χ4n) is 3.15. The summed E-state index contributed by atoms with van der Waals surface area (Å²) in [6.07, 6.45) is 1.74. The Morgan fingerprint density at radius 2 is 1.80 bits per heavy atom. The van der Waals surface area contributed by atoms with E-state index >= 15 is 0 Å². The first-order valence-corrected chi connectivity index (χ1v) is 9.32. The van der Waals surface area contributed by atoms with Crippen LogP contribution in [0.4, 0.5) is 5.69 Å². The van der Waals surface area contributed by atoms with Crippen LogP contribution in [0.3, 0.4) is 0 Å². The molecule has 1 saturated heterocycles. The van der Waals surface area contributed by atoms with Crippen molar-refractivity contribution in [3.63, 3.8) is 0 Å². The number of hydrogen-bond acceptors (Lipinski definition) is 2. The Labute approximate surface area is 158 Å². The highest BCUT2D eigenvalue weighted by Gasteiger charge is 2.25. The van der Waals surface area contributed by atoms with Crippen LogP contribution < -0.4 is 10.2 Å². The summed E-state index contributed by atoms with van der Waals surface area (Å²) < 4.78 is 0. The largest absolute Gasteiger partial charge is 0.371 e. The molecule has 3 nitrogen and oxygen atoms in total. The number of piperidine rings is 1. The first kappa shape index (κ1) is 18.1. The van der Waals surface area contributed by atoms with Crippen LogP contribution in [0.25, 0.3) is 0 Å². The minimum atomic E-state index is 0.0628. The van der Waals surface area contributed by atoms with Crippen molar-refractivity contribution in [2.45, 2.75) is 26.3 Å². The van der Waals surface area contributed by atoms with Gasteiger partial charge >= 0.3 is 0 Å². The van der Waals surface area contributed by atoms with Crippen molar-refractivity contribution in [1.29, 1.82) is 0 Å². The zero-order chi connectivity index (χ0) is 17.8. The van der Waals surface area contributed by atoms with Gasteiger partial charge in [0.2, 0.25) is 5.91 Å². The van der Waals surface area contributed by atoms with Gasteiger partial charge in [-0.05, 0) is 49.6 Å². The second-order valence-corrected chi connectivity index (χ2v) is 7.39. The van der Waals surface area contributed by atoms with Gasteiger partial charge in [0.05, 0.1) is 0 Å². The van der Waals surface area contributed by atoms with Gasteiger partial charge in [0, 0.05) is 41.3 Å². The Kier molecular flexibility index (Phi) is 5.87. The van der Waals surface area contributed by atoms with E-state index in [4.69, 9.17) is 23.2 Å². The highest BCUT2D eigenvalue weighted by molar-refractivity contribution is 6.35. The molecule has 0 bridgehead atoms. The average Bonchev–Trinajstić information content (AvgIpc) is 2.61. The normalized spacial score (nSPS) is 15.2. The summed E-state index contributed by atoms with van der Waals surface area (Å²) in [5.41, 5.74) is 3.38. The molecule has 0 radical (unpaired) electrons. The molecule has 1 amide bonds. The van der Waals surface area contributed by atoms with E-state index in [0.717, 1.165) is 31.5 Å². The van der Waals surface area contributed by atoms with Crippen molar-refractivity contribution in [3.05, 3.63) is 63.6 Å². The molecule has 1 aliphatic heterocycles. The number of carbonyl (C=O) groups is 1. The van der Waals surface area contributed by atoms with E-state index in [9.17, 15) is 4.79 Å². The summed E-state index contributed by atoms with van der Waals surface area (Å²) in [5.74, 6) is 0.169.